The highest BCUT2D eigenvalue weighted by Gasteiger charge is 2.26. The molecule has 0 aliphatic carbocycles. The van der Waals surface area contributed by atoms with Crippen LogP contribution in [0.4, 0.5) is 5.69 Å². The number of amides is 1. The zero-order chi connectivity index (χ0) is 17.9. The molecule has 1 aromatic rings. The van der Waals surface area contributed by atoms with E-state index in [1.54, 1.807) is 11.0 Å². The average molecular weight is 486 g/mol. The Bertz CT molecular complexity index is 749. The molecule has 7 nitrogen and oxygen atoms in total. The van der Waals surface area contributed by atoms with Gasteiger partial charge in [-0.1, -0.05) is 18.2 Å². The van der Waals surface area contributed by atoms with Crippen molar-refractivity contribution in [3.63, 3.8) is 0 Å². The van der Waals surface area contributed by atoms with E-state index in [0.717, 1.165) is 8.98 Å². The second kappa shape index (κ2) is 7.89. The summed E-state index contributed by atoms with van der Waals surface area (Å²) in [6.45, 7) is 4.41. The van der Waals surface area contributed by atoms with E-state index in [0.29, 0.717) is 23.8 Å². The van der Waals surface area contributed by atoms with Crippen LogP contribution >= 0.6 is 34.2 Å². The molecule has 0 radical (unpaired) electrons. The number of carbonyl (C=O) groups is 1. The van der Waals surface area contributed by atoms with E-state index >= 15 is 0 Å². The Labute approximate surface area is 159 Å². The Morgan fingerprint density at radius 1 is 1.38 bits per heavy atom. The first-order valence-corrected chi connectivity index (χ1v) is 10.0. The topological polar surface area (TPSA) is 90.0 Å². The van der Waals surface area contributed by atoms with Crippen molar-refractivity contribution in [3.05, 3.63) is 32.7 Å². The Morgan fingerprint density at radius 2 is 2.00 bits per heavy atom. The van der Waals surface area contributed by atoms with Gasteiger partial charge in [-0.05, 0) is 28.7 Å². The predicted molar refractivity (Wildman–Crippen MR) is 102 cm³/mol. The summed E-state index contributed by atoms with van der Waals surface area (Å²) in [5, 5.41) is 14.1. The van der Waals surface area contributed by atoms with Gasteiger partial charge in [0.05, 0.1) is 17.3 Å². The fourth-order valence-electron chi connectivity index (χ4n) is 2.26. The lowest BCUT2D eigenvalue weighted by Crippen LogP contribution is -2.51. The van der Waals surface area contributed by atoms with Gasteiger partial charge in [-0.2, -0.15) is 4.31 Å². The minimum absolute atomic E-state index is 0.000515. The fraction of sp³-hybridized carbons (Fsp3) is 0.357. The van der Waals surface area contributed by atoms with Crippen LogP contribution in [0.15, 0.2) is 24.1 Å². The van der Waals surface area contributed by atoms with Gasteiger partial charge >= 0.3 is 0 Å². The molecule has 0 spiro atoms. The van der Waals surface area contributed by atoms with Crippen molar-refractivity contribution in [2.24, 2.45) is 0 Å². The van der Waals surface area contributed by atoms with E-state index in [1.165, 1.54) is 10.4 Å². The first-order chi connectivity index (χ1) is 11.2. The fourth-order valence-corrected chi connectivity index (χ4v) is 3.77. The lowest BCUT2D eigenvalue weighted by Gasteiger charge is -2.33. The molecule has 2 N–H and O–H groups in total. The minimum Gasteiger partial charge on any atom is -0.506 e. The van der Waals surface area contributed by atoms with Gasteiger partial charge in [0.2, 0.25) is 15.9 Å². The molecule has 132 valence electrons. The number of phenolic OH excluding ortho intramolecular Hbond substituents is 1. The lowest BCUT2D eigenvalue weighted by molar-refractivity contribution is -0.130. The maximum atomic E-state index is 12.2. The summed E-state index contributed by atoms with van der Waals surface area (Å²) in [5.41, 5.74) is 0.421. The summed E-state index contributed by atoms with van der Waals surface area (Å²) in [6, 6.07) is 3.06. The zero-order valence-corrected chi connectivity index (χ0v) is 16.4. The molecule has 24 heavy (non-hydrogen) atoms. The summed E-state index contributed by atoms with van der Waals surface area (Å²) < 4.78 is 25.4. The van der Waals surface area contributed by atoms with Crippen LogP contribution in [0.1, 0.15) is 0 Å². The molecule has 1 aliphatic heterocycles. The van der Waals surface area contributed by atoms with Gasteiger partial charge in [0.25, 0.3) is 0 Å². The van der Waals surface area contributed by atoms with Crippen molar-refractivity contribution in [1.82, 2.24) is 9.21 Å². The van der Waals surface area contributed by atoms with Crippen LogP contribution < -0.4 is 5.32 Å². The van der Waals surface area contributed by atoms with Crippen LogP contribution in [0, 0.1) is 3.57 Å². The number of piperazine rings is 1. The summed E-state index contributed by atoms with van der Waals surface area (Å²) in [6.07, 6.45) is 0. The van der Waals surface area contributed by atoms with Gasteiger partial charge in [-0.25, -0.2) is 8.42 Å². The van der Waals surface area contributed by atoms with Crippen molar-refractivity contribution in [3.8, 4) is 5.75 Å². The summed E-state index contributed by atoms with van der Waals surface area (Å²) in [5.74, 6) is -0.204. The Balaban J connectivity index is 1.91. The number of aromatic hydroxyl groups is 1. The average Bonchev–Trinajstić information content (AvgIpc) is 2.56. The van der Waals surface area contributed by atoms with Crippen LogP contribution in [0.2, 0.25) is 5.02 Å². The maximum absolute atomic E-state index is 12.2. The molecule has 0 saturated carbocycles. The second-order valence-corrected chi connectivity index (χ2v) is 8.58. The van der Waals surface area contributed by atoms with E-state index in [9.17, 15) is 18.3 Å². The summed E-state index contributed by atoms with van der Waals surface area (Å²) in [4.78, 5) is 13.8. The van der Waals surface area contributed by atoms with Crippen molar-refractivity contribution in [1.29, 1.82) is 0 Å². The zero-order valence-electron chi connectivity index (χ0n) is 12.7. The molecule has 2 rings (SSSR count). The maximum Gasteiger partial charge on any atom is 0.241 e. The number of anilines is 1. The number of nitrogens with zero attached hydrogens (tertiary/aromatic N) is 2. The molecule has 0 bridgehead atoms. The third-order valence-electron chi connectivity index (χ3n) is 3.63. The van der Waals surface area contributed by atoms with Gasteiger partial charge < -0.3 is 15.3 Å². The number of hydrogen-bond acceptors (Lipinski definition) is 5. The third kappa shape index (κ3) is 4.52. The number of nitrogens with one attached hydrogen (secondary N) is 1. The Kier molecular flexibility index (Phi) is 6.34. The van der Waals surface area contributed by atoms with Crippen LogP contribution in [-0.2, 0) is 14.8 Å². The van der Waals surface area contributed by atoms with E-state index in [2.05, 4.69) is 11.9 Å². The number of benzene rings is 1. The number of carbonyl (C=O) groups excluding carboxylic acids is 1. The Hall–Kier alpha value is -1.04. The molecule has 1 aromatic carbocycles. The normalized spacial score (nSPS) is 16.0. The number of halogens is 2. The van der Waals surface area contributed by atoms with Crippen molar-refractivity contribution in [2.45, 2.75) is 0 Å². The van der Waals surface area contributed by atoms with Crippen LogP contribution in [0.5, 0.6) is 5.75 Å². The largest absolute Gasteiger partial charge is 0.506 e. The van der Waals surface area contributed by atoms with Crippen molar-refractivity contribution < 1.29 is 18.3 Å². The van der Waals surface area contributed by atoms with E-state index in [-0.39, 0.29) is 31.3 Å². The molecule has 0 atom stereocenters. The van der Waals surface area contributed by atoms with Crippen molar-refractivity contribution >= 4 is 55.8 Å². The highest BCUT2D eigenvalue weighted by molar-refractivity contribution is 14.1. The van der Waals surface area contributed by atoms with Crippen molar-refractivity contribution in [2.75, 3.05) is 38.0 Å². The van der Waals surface area contributed by atoms with Gasteiger partial charge in [0.1, 0.15) is 5.75 Å². The molecule has 1 fully saturated rings. The first kappa shape index (κ1) is 19.3. The molecular formula is C14H17ClIN3O4S. The number of phenols is 1. The standard InChI is InChI=1S/C14H17ClIN3O4S/c1-2-24(22,23)19-5-3-18(4-6-19)14(21)9-17-12-8-11(16)10(15)7-13(12)20/h2,7-8,17,20H,1,3-6,9H2. The molecule has 0 unspecified atom stereocenters. The molecule has 10 heteroatoms. The monoisotopic (exact) mass is 485 g/mol. The van der Waals surface area contributed by atoms with Crippen LogP contribution in [-0.4, -0.2) is 61.4 Å². The quantitative estimate of drug-likeness (QED) is 0.489. The summed E-state index contributed by atoms with van der Waals surface area (Å²) >= 11 is 7.93. The predicted octanol–water partition coefficient (Wildman–Crippen LogP) is 1.68. The molecule has 1 heterocycles. The van der Waals surface area contributed by atoms with Crippen LogP contribution in [0.25, 0.3) is 0 Å². The molecular weight excluding hydrogens is 469 g/mol. The Morgan fingerprint density at radius 3 is 2.58 bits per heavy atom. The smallest absolute Gasteiger partial charge is 0.241 e. The van der Waals surface area contributed by atoms with Gasteiger partial charge in [0.15, 0.2) is 0 Å². The summed E-state index contributed by atoms with van der Waals surface area (Å²) in [7, 11) is -3.44. The highest BCUT2D eigenvalue weighted by atomic mass is 127. The van der Waals surface area contributed by atoms with Gasteiger partial charge in [0, 0.05) is 41.2 Å². The third-order valence-corrected chi connectivity index (χ3v) is 6.66. The molecule has 1 amide bonds. The molecule has 1 saturated heterocycles. The SMILES string of the molecule is C=CS(=O)(=O)N1CCN(C(=O)CNc2cc(I)c(Cl)cc2O)CC1. The van der Waals surface area contributed by atoms with E-state index in [1.807, 2.05) is 22.6 Å². The number of rotatable bonds is 5. The number of hydrogen-bond donors (Lipinski definition) is 2. The second-order valence-electron chi connectivity index (χ2n) is 5.13. The van der Waals surface area contributed by atoms with Gasteiger partial charge in [-0.15, -0.1) is 0 Å². The van der Waals surface area contributed by atoms with E-state index in [4.69, 9.17) is 11.6 Å². The van der Waals surface area contributed by atoms with E-state index < -0.39 is 10.0 Å². The highest BCUT2D eigenvalue weighted by Crippen LogP contribution is 2.31. The first-order valence-electron chi connectivity index (χ1n) is 7.07. The minimum atomic E-state index is -3.44. The van der Waals surface area contributed by atoms with Gasteiger partial charge in [-0.3, -0.25) is 4.79 Å². The lowest BCUT2D eigenvalue weighted by atomic mass is 10.3. The molecule has 1 aliphatic rings. The van der Waals surface area contributed by atoms with Crippen LogP contribution in [0.3, 0.4) is 0 Å². The molecule has 0 aromatic heterocycles. The number of sulfonamides is 1.